The van der Waals surface area contributed by atoms with Gasteiger partial charge in [-0.3, -0.25) is 0 Å². The highest BCUT2D eigenvalue weighted by molar-refractivity contribution is 14.1. The van der Waals surface area contributed by atoms with Crippen LogP contribution in [0.15, 0.2) is 0 Å². The fraction of sp³-hybridized carbons (Fsp3) is 0. The molecule has 30 valence electrons. The van der Waals surface area contributed by atoms with E-state index in [9.17, 15) is 0 Å². The average Bonchev–Trinajstić information content (AvgIpc) is 1.00. The van der Waals surface area contributed by atoms with Crippen LogP contribution in [0.5, 0.6) is 0 Å². The first-order chi connectivity index (χ1) is 1.00. The Hall–Kier alpha value is 0.940. The smallest absolute Gasteiger partial charge is 0.0425 e. The molecule has 0 rings (SSSR count). The van der Waals surface area contributed by atoms with Crippen molar-refractivity contribution in [2.75, 3.05) is 0 Å². The molecule has 4 heavy (non-hydrogen) atoms. The van der Waals surface area contributed by atoms with Crippen molar-refractivity contribution in [2.24, 2.45) is 0 Å². The largest absolute Gasteiger partial charge is 0.412 e. The fourth-order valence-corrected chi connectivity index (χ4v) is 0. The van der Waals surface area contributed by atoms with Crippen LogP contribution in [0, 0.1) is 0 Å². The molecule has 4 N–H and O–H groups in total. The molecule has 0 aromatic heterocycles. The minimum absolute atomic E-state index is 0. The molecule has 0 saturated heterocycles. The topological polar surface area (TPSA) is 63.0 Å². The van der Waals surface area contributed by atoms with E-state index in [0.717, 1.165) is 0 Å². The van der Waals surface area contributed by atoms with Crippen LogP contribution in [0.25, 0.3) is 0 Å². The van der Waals surface area contributed by atoms with Gasteiger partial charge in [0.25, 0.3) is 0 Å². The third-order valence-corrected chi connectivity index (χ3v) is 0. The Morgan fingerprint density at radius 2 is 1.00 bits per heavy atom. The average molecular weight is 198 g/mol. The standard InChI is InChI=1S/ClI.2H2O/c1-2;;/h;2*1H2. The molecule has 0 amide bonds. The second kappa shape index (κ2) is 38.5. The van der Waals surface area contributed by atoms with Crippen molar-refractivity contribution in [1.29, 1.82) is 0 Å². The molecule has 0 atom stereocenters. The molecule has 2 nitrogen and oxygen atoms in total. The van der Waals surface area contributed by atoms with Crippen LogP contribution in [0.3, 0.4) is 0 Å². The molecule has 0 unspecified atom stereocenters. The minimum atomic E-state index is 0. The SMILES string of the molecule is ClI.O.O. The lowest BCUT2D eigenvalue weighted by molar-refractivity contribution is 0.823. The molecule has 0 aliphatic rings. The Labute approximate surface area is 41.6 Å². The molecule has 0 saturated carbocycles. The van der Waals surface area contributed by atoms with E-state index in [-0.39, 0.29) is 11.0 Å². The zero-order chi connectivity index (χ0) is 2.00. The zero-order valence-electron chi connectivity index (χ0n) is 1.76. The molecule has 0 aliphatic carbocycles. The van der Waals surface area contributed by atoms with Crippen LogP contribution in [0.1, 0.15) is 0 Å². The Morgan fingerprint density at radius 1 is 1.00 bits per heavy atom. The summed E-state index contributed by atoms with van der Waals surface area (Å²) in [6.07, 6.45) is 0. The highest BCUT2D eigenvalue weighted by atomic mass is 127. The molecule has 4 heteroatoms. The predicted octanol–water partition coefficient (Wildman–Crippen LogP) is -0.0742. The lowest BCUT2D eigenvalue weighted by atomic mass is 16.0. The van der Waals surface area contributed by atoms with Gasteiger partial charge in [0.2, 0.25) is 0 Å². The van der Waals surface area contributed by atoms with E-state index in [0.29, 0.717) is 0 Å². The van der Waals surface area contributed by atoms with Crippen molar-refractivity contribution in [3.63, 3.8) is 0 Å². The lowest BCUT2D eigenvalue weighted by Gasteiger charge is -1.00. The summed E-state index contributed by atoms with van der Waals surface area (Å²) < 4.78 is 0. The highest BCUT2D eigenvalue weighted by Crippen LogP contribution is 1.79. The van der Waals surface area contributed by atoms with Gasteiger partial charge < -0.3 is 11.0 Å². The minimum Gasteiger partial charge on any atom is -0.412 e. The van der Waals surface area contributed by atoms with Gasteiger partial charge >= 0.3 is 0 Å². The van der Waals surface area contributed by atoms with Crippen LogP contribution in [0.4, 0.5) is 0 Å². The Bertz CT molecular complexity index is 6.00. The van der Waals surface area contributed by atoms with Gasteiger partial charge in [0, 0.05) is 21.5 Å². The first kappa shape index (κ1) is 20.4. The van der Waals surface area contributed by atoms with E-state index in [1.807, 2.05) is 0 Å². The van der Waals surface area contributed by atoms with E-state index in [1.54, 1.807) is 21.5 Å². The molecule has 0 bridgehead atoms. The summed E-state index contributed by atoms with van der Waals surface area (Å²) in [7, 11) is 4.61. The molecular formula is H4ClIO2. The summed E-state index contributed by atoms with van der Waals surface area (Å²) >= 11 is 1.62. The van der Waals surface area contributed by atoms with Crippen molar-refractivity contribution >= 4 is 30.4 Å². The van der Waals surface area contributed by atoms with Crippen LogP contribution >= 0.6 is 30.4 Å². The van der Waals surface area contributed by atoms with Crippen molar-refractivity contribution in [2.45, 2.75) is 0 Å². The second-order valence-corrected chi connectivity index (χ2v) is 0. The van der Waals surface area contributed by atoms with Crippen molar-refractivity contribution in [1.82, 2.24) is 0 Å². The zero-order valence-corrected chi connectivity index (χ0v) is 4.67. The van der Waals surface area contributed by atoms with Crippen molar-refractivity contribution < 1.29 is 11.0 Å². The van der Waals surface area contributed by atoms with E-state index in [2.05, 4.69) is 8.91 Å². The van der Waals surface area contributed by atoms with Gasteiger partial charge in [0.15, 0.2) is 0 Å². The maximum Gasteiger partial charge on any atom is 0.0425 e. The van der Waals surface area contributed by atoms with Crippen LogP contribution in [-0.2, 0) is 0 Å². The molecule has 0 fully saturated rings. The van der Waals surface area contributed by atoms with Gasteiger partial charge in [-0.1, -0.05) is 0 Å². The van der Waals surface area contributed by atoms with Crippen LogP contribution in [0.2, 0.25) is 0 Å². The summed E-state index contributed by atoms with van der Waals surface area (Å²) in [6.45, 7) is 0. The van der Waals surface area contributed by atoms with E-state index >= 15 is 0 Å². The third-order valence-electron chi connectivity index (χ3n) is 0. The van der Waals surface area contributed by atoms with E-state index < -0.39 is 0 Å². The molecule has 0 spiro atoms. The first-order valence-electron chi connectivity index (χ1n) is 0.143. The van der Waals surface area contributed by atoms with Crippen molar-refractivity contribution in [3.05, 3.63) is 0 Å². The van der Waals surface area contributed by atoms with E-state index in [1.165, 1.54) is 0 Å². The normalized spacial score (nSPS) is 1.50. The highest BCUT2D eigenvalue weighted by Gasteiger charge is 1.00. The van der Waals surface area contributed by atoms with Crippen LogP contribution < -0.4 is 0 Å². The Kier molecular flexibility index (Phi) is 196. The first-order valence-corrected chi connectivity index (χ1v) is 2.87. The molecule has 0 heterocycles. The van der Waals surface area contributed by atoms with Crippen LogP contribution in [-0.4, -0.2) is 11.0 Å². The molecule has 0 aromatic carbocycles. The van der Waals surface area contributed by atoms with Crippen molar-refractivity contribution in [3.8, 4) is 0 Å². The quantitative estimate of drug-likeness (QED) is 0.489. The number of hydrogen-bond donors (Lipinski definition) is 0. The van der Waals surface area contributed by atoms with Gasteiger partial charge in [-0.25, -0.2) is 0 Å². The number of rotatable bonds is 0. The molecular weight excluding hydrogens is 194 g/mol. The monoisotopic (exact) mass is 198 g/mol. The second-order valence-electron chi connectivity index (χ2n) is 0. The fourth-order valence-electron chi connectivity index (χ4n) is 0. The summed E-state index contributed by atoms with van der Waals surface area (Å²) in [5, 5.41) is 0. The number of hydrogen-bond acceptors (Lipinski definition) is 0. The van der Waals surface area contributed by atoms with E-state index in [4.69, 9.17) is 0 Å². The third kappa shape index (κ3) is 12.5. The van der Waals surface area contributed by atoms with Gasteiger partial charge in [0.05, 0.1) is 0 Å². The van der Waals surface area contributed by atoms with Gasteiger partial charge in [-0.2, -0.15) is 0 Å². The molecule has 0 aromatic rings. The summed E-state index contributed by atoms with van der Waals surface area (Å²) in [6, 6.07) is 0. The summed E-state index contributed by atoms with van der Waals surface area (Å²) in [5.74, 6) is 0. The molecule has 0 radical (unpaired) electrons. The lowest BCUT2D eigenvalue weighted by Crippen LogP contribution is -0.290. The number of halogens is 2. The Balaban J connectivity index is -0.00000000500. The Morgan fingerprint density at radius 3 is 1.00 bits per heavy atom. The van der Waals surface area contributed by atoms with Gasteiger partial charge in [-0.05, 0) is 8.91 Å². The maximum absolute atomic E-state index is 4.61. The molecule has 0 aliphatic heterocycles. The maximum atomic E-state index is 4.61. The summed E-state index contributed by atoms with van der Waals surface area (Å²) in [5.41, 5.74) is 0. The van der Waals surface area contributed by atoms with Gasteiger partial charge in [0.1, 0.15) is 0 Å². The summed E-state index contributed by atoms with van der Waals surface area (Å²) in [4.78, 5) is 0. The van der Waals surface area contributed by atoms with Gasteiger partial charge in [-0.15, -0.1) is 0 Å². The predicted molar refractivity (Wildman–Crippen MR) is 27.1 cm³/mol.